The summed E-state index contributed by atoms with van der Waals surface area (Å²) in [7, 11) is 3.27. The lowest BCUT2D eigenvalue weighted by molar-refractivity contribution is 0.412. The van der Waals surface area contributed by atoms with Gasteiger partial charge in [0.2, 0.25) is 0 Å². The number of nitrogens with zero attached hydrogens (tertiary/aromatic N) is 4. The molecule has 8 heteroatoms. The van der Waals surface area contributed by atoms with Crippen LogP contribution in [0.4, 0.5) is 0 Å². The number of imidazole rings is 2. The topological polar surface area (TPSA) is 87.2 Å². The maximum atomic E-state index is 14.3. The molecule has 4 heterocycles. The molecule has 0 unspecified atom stereocenters. The summed E-state index contributed by atoms with van der Waals surface area (Å²) in [6.45, 7) is 3.96. The van der Waals surface area contributed by atoms with Gasteiger partial charge in [-0.3, -0.25) is 18.4 Å². The van der Waals surface area contributed by atoms with Crippen molar-refractivity contribution in [2.75, 3.05) is 14.2 Å². The summed E-state index contributed by atoms with van der Waals surface area (Å²) in [6.07, 6.45) is 0. The molecule has 0 radical (unpaired) electrons. The molecule has 11 aromatic rings. The molecule has 0 saturated carbocycles. The summed E-state index contributed by atoms with van der Waals surface area (Å²) in [4.78, 5) is 38.5. The molecule has 48 heavy (non-hydrogen) atoms. The van der Waals surface area contributed by atoms with E-state index < -0.39 is 0 Å². The van der Waals surface area contributed by atoms with Crippen molar-refractivity contribution in [3.05, 3.63) is 105 Å². The lowest BCUT2D eigenvalue weighted by Crippen LogP contribution is -2.14. The maximum absolute atomic E-state index is 14.3. The van der Waals surface area contributed by atoms with E-state index in [9.17, 15) is 9.59 Å². The predicted molar refractivity (Wildman–Crippen MR) is 193 cm³/mol. The lowest BCUT2D eigenvalue weighted by atomic mass is 9.86. The zero-order valence-corrected chi connectivity index (χ0v) is 26.4. The smallest absolute Gasteiger partial charge is 0.264 e. The fourth-order valence-electron chi connectivity index (χ4n) is 8.49. The van der Waals surface area contributed by atoms with Crippen molar-refractivity contribution >= 4 is 98.0 Å². The molecule has 0 bridgehead atoms. The van der Waals surface area contributed by atoms with Crippen molar-refractivity contribution < 1.29 is 9.47 Å². The Labute approximate surface area is 270 Å². The van der Waals surface area contributed by atoms with E-state index in [1.54, 1.807) is 23.0 Å². The van der Waals surface area contributed by atoms with Crippen LogP contribution in [0, 0.1) is 13.8 Å². The van der Waals surface area contributed by atoms with Crippen molar-refractivity contribution in [2.24, 2.45) is 0 Å². The number of benzene rings is 7. The van der Waals surface area contributed by atoms with E-state index in [0.717, 1.165) is 98.6 Å². The van der Waals surface area contributed by atoms with Crippen molar-refractivity contribution in [1.82, 2.24) is 18.8 Å². The number of hydrogen-bond donors (Lipinski definition) is 0. The van der Waals surface area contributed by atoms with E-state index in [1.165, 1.54) is 0 Å². The van der Waals surface area contributed by atoms with Crippen molar-refractivity contribution in [3.63, 3.8) is 0 Å². The Morgan fingerprint density at radius 3 is 1.19 bits per heavy atom. The van der Waals surface area contributed by atoms with E-state index in [0.29, 0.717) is 22.1 Å². The highest BCUT2D eigenvalue weighted by Crippen LogP contribution is 2.46. The first-order valence-electron chi connectivity index (χ1n) is 15.8. The molecular weight excluding hydrogens is 600 g/mol. The Morgan fingerprint density at radius 2 is 0.812 bits per heavy atom. The average Bonchev–Trinajstić information content (AvgIpc) is 3.66. The van der Waals surface area contributed by atoms with Gasteiger partial charge in [-0.2, -0.15) is 0 Å². The van der Waals surface area contributed by atoms with Crippen molar-refractivity contribution in [1.29, 1.82) is 0 Å². The fraction of sp³-hybridized carbons (Fsp3) is 0.100. The van der Waals surface area contributed by atoms with E-state index in [1.807, 2.05) is 50.2 Å². The van der Waals surface area contributed by atoms with Gasteiger partial charge in [-0.05, 0) is 93.7 Å². The van der Waals surface area contributed by atoms with E-state index in [2.05, 4.69) is 36.4 Å². The third-order valence-electron chi connectivity index (χ3n) is 10.6. The predicted octanol–water partition coefficient (Wildman–Crippen LogP) is 7.88. The van der Waals surface area contributed by atoms with Gasteiger partial charge in [0.1, 0.15) is 22.8 Å². The van der Waals surface area contributed by atoms with Crippen LogP contribution in [0.2, 0.25) is 0 Å². The zero-order valence-electron chi connectivity index (χ0n) is 26.4. The molecule has 7 aromatic carbocycles. The number of ether oxygens (including phenoxy) is 2. The number of methoxy groups -OCH3 is 2. The van der Waals surface area contributed by atoms with Crippen molar-refractivity contribution in [3.8, 4) is 11.5 Å². The number of aryl methyl sites for hydroxylation is 2. The van der Waals surface area contributed by atoms with Crippen LogP contribution in [0.15, 0.2) is 82.4 Å². The molecule has 0 amide bonds. The van der Waals surface area contributed by atoms with Crippen LogP contribution in [-0.4, -0.2) is 33.0 Å². The second kappa shape index (κ2) is 8.35. The first kappa shape index (κ1) is 25.9. The van der Waals surface area contributed by atoms with Crippen LogP contribution in [0.25, 0.3) is 98.0 Å². The van der Waals surface area contributed by atoms with Gasteiger partial charge in [0.05, 0.1) is 36.3 Å². The molecule has 8 nitrogen and oxygen atoms in total. The number of rotatable bonds is 2. The summed E-state index contributed by atoms with van der Waals surface area (Å²) in [5.74, 6) is 1.43. The number of pyridine rings is 2. The Bertz CT molecular complexity index is 3130. The largest absolute Gasteiger partial charge is 0.496 e. The second-order valence-corrected chi connectivity index (χ2v) is 12.9. The third-order valence-corrected chi connectivity index (χ3v) is 10.6. The summed E-state index contributed by atoms with van der Waals surface area (Å²) in [5, 5.41) is 11.1. The van der Waals surface area contributed by atoms with E-state index >= 15 is 0 Å². The van der Waals surface area contributed by atoms with Crippen molar-refractivity contribution in [2.45, 2.75) is 13.8 Å². The van der Waals surface area contributed by atoms with Crippen LogP contribution >= 0.6 is 0 Å². The summed E-state index contributed by atoms with van der Waals surface area (Å²) in [5.41, 5.74) is 5.93. The Hall–Kier alpha value is -6.28. The number of fused-ring (bicyclic) bond motifs is 10. The first-order chi connectivity index (χ1) is 23.4. The highest BCUT2D eigenvalue weighted by Gasteiger charge is 2.24. The fourth-order valence-corrected chi connectivity index (χ4v) is 8.49. The lowest BCUT2D eigenvalue weighted by Gasteiger charge is -2.18. The molecule has 228 valence electrons. The summed E-state index contributed by atoms with van der Waals surface area (Å²) in [6, 6.07) is 24.2. The molecule has 0 aliphatic rings. The first-order valence-corrected chi connectivity index (χ1v) is 15.8. The minimum Gasteiger partial charge on any atom is -0.496 e. The Kier molecular flexibility index (Phi) is 4.50. The van der Waals surface area contributed by atoms with Gasteiger partial charge in [-0.1, -0.05) is 24.3 Å². The van der Waals surface area contributed by atoms with Crippen LogP contribution in [0.1, 0.15) is 11.1 Å². The van der Waals surface area contributed by atoms with E-state index in [-0.39, 0.29) is 11.1 Å². The van der Waals surface area contributed by atoms with Gasteiger partial charge in [0, 0.05) is 44.5 Å². The van der Waals surface area contributed by atoms with Crippen LogP contribution in [0.5, 0.6) is 11.5 Å². The maximum Gasteiger partial charge on any atom is 0.264 e. The molecule has 0 fully saturated rings. The molecule has 0 saturated heterocycles. The SMILES string of the molecule is COc1cc2c(cc1C)nc1c3ccc4c5ccc6c7c(ccc(c8ccc(c(=O)n21)c3c84)c57)c(=O)n1c2cc(OC)c(C)cc2nc61. The van der Waals surface area contributed by atoms with Gasteiger partial charge in [0.15, 0.2) is 0 Å². The second-order valence-electron chi connectivity index (χ2n) is 12.9. The highest BCUT2D eigenvalue weighted by molar-refractivity contribution is 6.40. The van der Waals surface area contributed by atoms with Gasteiger partial charge in [-0.15, -0.1) is 0 Å². The van der Waals surface area contributed by atoms with Gasteiger partial charge >= 0.3 is 0 Å². The molecule has 4 aromatic heterocycles. The Morgan fingerprint density at radius 1 is 0.479 bits per heavy atom. The standard InChI is InChI=1S/C40H24N4O4/c1-17-13-27-29(15-31(17)47-3)43-37(41-27)23-9-5-19-20-6-10-24-36-26(40(46)44-30-16-32(48-4)18(2)14-28(30)42-38(24)44)12-8-22(34(20)36)21-7-11-25(39(43)45)35(23)33(19)21/h5-16H,1-4H3. The summed E-state index contributed by atoms with van der Waals surface area (Å²) < 4.78 is 14.6. The molecule has 0 aliphatic heterocycles. The normalized spacial score (nSPS) is 12.8. The van der Waals surface area contributed by atoms with E-state index in [4.69, 9.17) is 19.4 Å². The van der Waals surface area contributed by atoms with Gasteiger partial charge in [-0.25, -0.2) is 9.97 Å². The third kappa shape index (κ3) is 2.80. The molecule has 0 aliphatic carbocycles. The summed E-state index contributed by atoms with van der Waals surface area (Å²) >= 11 is 0. The van der Waals surface area contributed by atoms with Gasteiger partial charge < -0.3 is 9.47 Å². The van der Waals surface area contributed by atoms with Crippen LogP contribution in [-0.2, 0) is 0 Å². The minimum atomic E-state index is -0.109. The average molecular weight is 625 g/mol. The monoisotopic (exact) mass is 624 g/mol. The number of hydrogen-bond acceptors (Lipinski definition) is 6. The van der Waals surface area contributed by atoms with Crippen LogP contribution in [0.3, 0.4) is 0 Å². The zero-order chi connectivity index (χ0) is 32.3. The Balaban J connectivity index is 1.32. The molecule has 0 atom stereocenters. The molecule has 11 rings (SSSR count). The molecular formula is C40H24N4O4. The highest BCUT2D eigenvalue weighted by atomic mass is 16.5. The minimum absolute atomic E-state index is 0.109. The molecule has 0 spiro atoms. The quantitative estimate of drug-likeness (QED) is 0.144. The van der Waals surface area contributed by atoms with Crippen LogP contribution < -0.4 is 20.6 Å². The number of aromatic nitrogens is 4. The van der Waals surface area contributed by atoms with Gasteiger partial charge in [0.25, 0.3) is 11.1 Å². The molecule has 0 N–H and O–H groups in total.